The molecule has 1 amide bonds. The third-order valence-corrected chi connectivity index (χ3v) is 4.25. The van der Waals surface area contributed by atoms with Crippen molar-refractivity contribution < 1.29 is 22.7 Å². The van der Waals surface area contributed by atoms with Gasteiger partial charge in [0.25, 0.3) is 5.91 Å². The van der Waals surface area contributed by atoms with Crippen LogP contribution in [0.25, 0.3) is 5.69 Å². The van der Waals surface area contributed by atoms with Crippen LogP contribution < -0.4 is 10.1 Å². The van der Waals surface area contributed by atoms with Crippen molar-refractivity contribution in [3.05, 3.63) is 76.6 Å². The Labute approximate surface area is 170 Å². The fraction of sp³-hybridized carbons (Fsp3) is 0.200. The maximum Gasteiger partial charge on any atom is 0.434 e. The van der Waals surface area contributed by atoms with E-state index in [-0.39, 0.29) is 23.9 Å². The lowest BCUT2D eigenvalue weighted by Crippen LogP contribution is -2.30. The molecule has 9 heteroatoms. The highest BCUT2D eigenvalue weighted by molar-refractivity contribution is 6.30. The predicted octanol–water partition coefficient (Wildman–Crippen LogP) is 4.66. The fourth-order valence-corrected chi connectivity index (χ4v) is 2.84. The molecule has 0 bridgehead atoms. The summed E-state index contributed by atoms with van der Waals surface area (Å²) in [5, 5.41) is 6.43. The Bertz CT molecular complexity index is 1000. The van der Waals surface area contributed by atoms with Gasteiger partial charge in [0.05, 0.1) is 24.0 Å². The van der Waals surface area contributed by atoms with Gasteiger partial charge in [-0.05, 0) is 37.3 Å². The molecule has 1 heterocycles. The summed E-state index contributed by atoms with van der Waals surface area (Å²) in [4.78, 5) is 12.3. The maximum absolute atomic E-state index is 13.6. The molecule has 2 aromatic carbocycles. The second-order valence-electron chi connectivity index (χ2n) is 6.21. The van der Waals surface area contributed by atoms with E-state index >= 15 is 0 Å². The molecular formula is C20H17ClF3N3O2. The number of nitrogens with one attached hydrogen (secondary N) is 1. The van der Waals surface area contributed by atoms with Gasteiger partial charge in [0.2, 0.25) is 0 Å². The summed E-state index contributed by atoms with van der Waals surface area (Å²) in [5.74, 6) is -0.285. The Morgan fingerprint density at radius 3 is 2.59 bits per heavy atom. The largest absolute Gasteiger partial charge is 0.492 e. The normalized spacial score (nSPS) is 11.3. The van der Waals surface area contributed by atoms with Gasteiger partial charge in [-0.15, -0.1) is 0 Å². The first kappa shape index (κ1) is 20.7. The highest BCUT2D eigenvalue weighted by atomic mass is 35.5. The standard InChI is InChI=1S/C20H17ClF3N3O2/c1-13-5-7-16(8-6-13)29-10-9-25-19(28)17-12-26-27(18(17)20(22,23)24)15-4-2-3-14(21)11-15/h2-8,11-12H,9-10H2,1H3,(H,25,28). The molecule has 0 unspecified atom stereocenters. The minimum atomic E-state index is -4.79. The van der Waals surface area contributed by atoms with Crippen molar-refractivity contribution in [2.24, 2.45) is 0 Å². The molecule has 29 heavy (non-hydrogen) atoms. The number of ether oxygens (including phenoxy) is 1. The van der Waals surface area contributed by atoms with Crippen LogP contribution in [0.1, 0.15) is 21.6 Å². The molecule has 0 fully saturated rings. The fourth-order valence-electron chi connectivity index (χ4n) is 2.65. The molecule has 0 saturated carbocycles. The van der Waals surface area contributed by atoms with Crippen LogP contribution in [0.5, 0.6) is 5.75 Å². The van der Waals surface area contributed by atoms with E-state index in [9.17, 15) is 18.0 Å². The van der Waals surface area contributed by atoms with Crippen LogP contribution in [0.15, 0.2) is 54.7 Å². The van der Waals surface area contributed by atoms with Crippen molar-refractivity contribution in [3.63, 3.8) is 0 Å². The summed E-state index contributed by atoms with van der Waals surface area (Å²) in [6.07, 6.45) is -3.90. The minimum Gasteiger partial charge on any atom is -0.492 e. The van der Waals surface area contributed by atoms with Crippen LogP contribution in [-0.4, -0.2) is 28.8 Å². The lowest BCUT2D eigenvalue weighted by atomic mass is 10.2. The number of hydrogen-bond donors (Lipinski definition) is 1. The SMILES string of the molecule is Cc1ccc(OCCNC(=O)c2cnn(-c3cccc(Cl)c3)c2C(F)(F)F)cc1. The second-order valence-corrected chi connectivity index (χ2v) is 6.65. The van der Waals surface area contributed by atoms with Crippen molar-refractivity contribution in [1.29, 1.82) is 0 Å². The number of benzene rings is 2. The topological polar surface area (TPSA) is 56.1 Å². The summed E-state index contributed by atoms with van der Waals surface area (Å²) in [6.45, 7) is 2.08. The number of rotatable bonds is 6. The van der Waals surface area contributed by atoms with E-state index in [1.54, 1.807) is 12.1 Å². The van der Waals surface area contributed by atoms with Crippen molar-refractivity contribution in [1.82, 2.24) is 15.1 Å². The zero-order chi connectivity index (χ0) is 21.0. The molecule has 0 aliphatic heterocycles. The third kappa shape index (κ3) is 5.08. The predicted molar refractivity (Wildman–Crippen MR) is 103 cm³/mol. The van der Waals surface area contributed by atoms with E-state index in [1.165, 1.54) is 24.3 Å². The smallest absolute Gasteiger partial charge is 0.434 e. The zero-order valence-corrected chi connectivity index (χ0v) is 16.1. The molecule has 3 rings (SSSR count). The van der Waals surface area contributed by atoms with Gasteiger partial charge in [-0.1, -0.05) is 35.4 Å². The Hall–Kier alpha value is -3.00. The number of carbonyl (C=O) groups is 1. The summed E-state index contributed by atoms with van der Waals surface area (Å²) >= 11 is 5.86. The molecule has 0 spiro atoms. The molecule has 152 valence electrons. The molecule has 0 aliphatic rings. The number of aromatic nitrogens is 2. The van der Waals surface area contributed by atoms with Gasteiger partial charge >= 0.3 is 6.18 Å². The van der Waals surface area contributed by atoms with Crippen molar-refractivity contribution in [2.45, 2.75) is 13.1 Å². The quantitative estimate of drug-likeness (QED) is 0.586. The molecule has 1 aromatic heterocycles. The average molecular weight is 424 g/mol. The number of nitrogens with zero attached hydrogens (tertiary/aromatic N) is 2. The van der Waals surface area contributed by atoms with Gasteiger partial charge < -0.3 is 10.1 Å². The van der Waals surface area contributed by atoms with Crippen LogP contribution in [-0.2, 0) is 6.18 Å². The molecule has 5 nitrogen and oxygen atoms in total. The van der Waals surface area contributed by atoms with E-state index in [0.717, 1.165) is 11.8 Å². The van der Waals surface area contributed by atoms with E-state index in [1.807, 2.05) is 19.1 Å². The van der Waals surface area contributed by atoms with Crippen LogP contribution in [0, 0.1) is 6.92 Å². The summed E-state index contributed by atoms with van der Waals surface area (Å²) in [7, 11) is 0. The van der Waals surface area contributed by atoms with Crippen LogP contribution in [0.2, 0.25) is 5.02 Å². The van der Waals surface area contributed by atoms with E-state index < -0.39 is 23.3 Å². The molecule has 3 aromatic rings. The van der Waals surface area contributed by atoms with E-state index in [2.05, 4.69) is 10.4 Å². The van der Waals surface area contributed by atoms with Crippen molar-refractivity contribution >= 4 is 17.5 Å². The van der Waals surface area contributed by atoms with Crippen LogP contribution >= 0.6 is 11.6 Å². The Kier molecular flexibility index (Phi) is 6.12. The lowest BCUT2D eigenvalue weighted by molar-refractivity contribution is -0.143. The van der Waals surface area contributed by atoms with E-state index in [4.69, 9.17) is 16.3 Å². The first-order chi connectivity index (χ1) is 13.8. The van der Waals surface area contributed by atoms with Crippen LogP contribution in [0.3, 0.4) is 0 Å². The maximum atomic E-state index is 13.6. The number of aryl methyl sites for hydroxylation is 1. The first-order valence-electron chi connectivity index (χ1n) is 8.64. The van der Waals surface area contributed by atoms with Gasteiger partial charge in [-0.25, -0.2) is 4.68 Å². The molecule has 1 N–H and O–H groups in total. The number of hydrogen-bond acceptors (Lipinski definition) is 3. The van der Waals surface area contributed by atoms with Gasteiger partial charge in [0.1, 0.15) is 12.4 Å². The molecule has 0 aliphatic carbocycles. The summed E-state index contributed by atoms with van der Waals surface area (Å²) in [5.41, 5.74) is -0.571. The number of alkyl halides is 3. The third-order valence-electron chi connectivity index (χ3n) is 4.01. The highest BCUT2D eigenvalue weighted by Crippen LogP contribution is 2.34. The van der Waals surface area contributed by atoms with Crippen molar-refractivity contribution in [2.75, 3.05) is 13.2 Å². The van der Waals surface area contributed by atoms with Gasteiger partial charge in [-0.2, -0.15) is 18.3 Å². The van der Waals surface area contributed by atoms with Gasteiger partial charge in [0.15, 0.2) is 5.69 Å². The Morgan fingerprint density at radius 2 is 1.93 bits per heavy atom. The molecule has 0 atom stereocenters. The Balaban J connectivity index is 1.72. The second kappa shape index (κ2) is 8.57. The monoisotopic (exact) mass is 423 g/mol. The highest BCUT2D eigenvalue weighted by Gasteiger charge is 2.40. The minimum absolute atomic E-state index is 0.0341. The summed E-state index contributed by atoms with van der Waals surface area (Å²) < 4.78 is 47.0. The average Bonchev–Trinajstić information content (AvgIpc) is 3.12. The summed E-state index contributed by atoms with van der Waals surface area (Å²) in [6, 6.07) is 13.1. The van der Waals surface area contributed by atoms with Crippen LogP contribution in [0.4, 0.5) is 13.2 Å². The Morgan fingerprint density at radius 1 is 1.21 bits per heavy atom. The zero-order valence-electron chi connectivity index (χ0n) is 15.3. The van der Waals surface area contributed by atoms with Gasteiger partial charge in [0, 0.05) is 5.02 Å². The molecule has 0 saturated heterocycles. The number of amides is 1. The lowest BCUT2D eigenvalue weighted by Gasteiger charge is -2.13. The van der Waals surface area contributed by atoms with Crippen molar-refractivity contribution in [3.8, 4) is 11.4 Å². The first-order valence-corrected chi connectivity index (χ1v) is 9.02. The van der Waals surface area contributed by atoms with E-state index in [0.29, 0.717) is 10.4 Å². The number of halogens is 4. The van der Waals surface area contributed by atoms with Gasteiger partial charge in [-0.3, -0.25) is 4.79 Å². The molecular weight excluding hydrogens is 407 g/mol. The number of carbonyl (C=O) groups excluding carboxylic acids is 1. The molecule has 0 radical (unpaired) electrons.